The molecule has 0 radical (unpaired) electrons. The van der Waals surface area contributed by atoms with Gasteiger partial charge in [0.05, 0.1) is 17.6 Å². The van der Waals surface area contributed by atoms with Gasteiger partial charge in [-0.15, -0.1) is 0 Å². The van der Waals surface area contributed by atoms with Gasteiger partial charge in [-0.1, -0.05) is 54.6 Å². The molecule has 1 aliphatic rings. The van der Waals surface area contributed by atoms with E-state index in [0.29, 0.717) is 6.04 Å². The van der Waals surface area contributed by atoms with Crippen molar-refractivity contribution in [3.63, 3.8) is 0 Å². The molecule has 0 fully saturated rings. The summed E-state index contributed by atoms with van der Waals surface area (Å²) in [6.07, 6.45) is 2.18. The predicted octanol–water partition coefficient (Wildman–Crippen LogP) is 6.22. The second-order valence-corrected chi connectivity index (χ2v) is 8.27. The summed E-state index contributed by atoms with van der Waals surface area (Å²) in [6, 6.07) is 28.3. The van der Waals surface area contributed by atoms with Crippen LogP contribution in [0.4, 0.5) is 16.3 Å². The Morgan fingerprint density at radius 1 is 0.969 bits per heavy atom. The van der Waals surface area contributed by atoms with E-state index in [0.717, 1.165) is 40.8 Å². The Kier molecular flexibility index (Phi) is 5.46. The fourth-order valence-corrected chi connectivity index (χ4v) is 4.36. The molecule has 0 unspecified atom stereocenters. The molecule has 2 amide bonds. The Labute approximate surface area is 187 Å². The summed E-state index contributed by atoms with van der Waals surface area (Å²) in [7, 11) is 0. The second kappa shape index (κ2) is 8.71. The van der Waals surface area contributed by atoms with Crippen molar-refractivity contribution < 1.29 is 4.79 Å². The summed E-state index contributed by atoms with van der Waals surface area (Å²) in [6.45, 7) is 1.97. The number of benzene rings is 3. The summed E-state index contributed by atoms with van der Waals surface area (Å²) < 4.78 is 0. The monoisotopic (exact) mass is 422 g/mol. The van der Waals surface area contributed by atoms with Gasteiger partial charge < -0.3 is 16.0 Å². The van der Waals surface area contributed by atoms with E-state index in [1.54, 1.807) is 0 Å². The number of aromatic nitrogens is 1. The first-order valence-corrected chi connectivity index (χ1v) is 11.0. The maximum Gasteiger partial charge on any atom is 0.319 e. The number of nitrogens with zero attached hydrogens (tertiary/aromatic N) is 1. The van der Waals surface area contributed by atoms with Crippen LogP contribution >= 0.6 is 0 Å². The van der Waals surface area contributed by atoms with Crippen molar-refractivity contribution in [3.8, 4) is 0 Å². The van der Waals surface area contributed by atoms with Gasteiger partial charge in [0.15, 0.2) is 0 Å². The fraction of sp³-hybridized carbons (Fsp3) is 0.185. The number of fused-ring (bicyclic) bond motifs is 2. The van der Waals surface area contributed by atoms with Gasteiger partial charge in [0.25, 0.3) is 0 Å². The molecule has 2 atom stereocenters. The summed E-state index contributed by atoms with van der Waals surface area (Å²) in [5, 5.41) is 10.5. The summed E-state index contributed by atoms with van der Waals surface area (Å²) in [4.78, 5) is 17.2. The molecule has 0 bridgehead atoms. The first-order chi connectivity index (χ1) is 15.7. The molecule has 1 heterocycles. The van der Waals surface area contributed by atoms with E-state index in [4.69, 9.17) is 4.98 Å². The minimum atomic E-state index is -0.230. The quantitative estimate of drug-likeness (QED) is 0.358. The zero-order chi connectivity index (χ0) is 21.9. The topological polar surface area (TPSA) is 66.0 Å². The number of rotatable bonds is 5. The van der Waals surface area contributed by atoms with Crippen molar-refractivity contribution in [3.05, 3.63) is 102 Å². The normalized spacial score (nSPS) is 15.7. The van der Waals surface area contributed by atoms with Crippen molar-refractivity contribution in [2.75, 3.05) is 10.6 Å². The van der Waals surface area contributed by atoms with Crippen molar-refractivity contribution in [2.45, 2.75) is 31.8 Å². The molecule has 3 N–H and O–H groups in total. The van der Waals surface area contributed by atoms with Gasteiger partial charge in [-0.05, 0) is 66.8 Å². The third-order valence-corrected chi connectivity index (χ3v) is 6.05. The number of anilines is 2. The molecule has 1 aromatic heterocycles. The molecule has 0 saturated carbocycles. The van der Waals surface area contributed by atoms with Crippen LogP contribution in [0.25, 0.3) is 10.9 Å². The number of carbonyl (C=O) groups is 1. The highest BCUT2D eigenvalue weighted by molar-refractivity contribution is 5.93. The van der Waals surface area contributed by atoms with E-state index in [1.807, 2.05) is 67.6 Å². The summed E-state index contributed by atoms with van der Waals surface area (Å²) in [5.74, 6) is 0.870. The summed E-state index contributed by atoms with van der Waals surface area (Å²) in [5.41, 5.74) is 5.48. The van der Waals surface area contributed by atoms with Crippen LogP contribution in [0.5, 0.6) is 0 Å². The number of nitrogens with one attached hydrogen (secondary N) is 3. The Bertz CT molecular complexity index is 1250. The standard InChI is InChI=1S/C27H26N4O/c1-18(19-7-3-2-4-8-19)28-27(32)29-22-13-15-24-21(17-22)12-16-26(30-24)31-25-14-11-20-9-5-6-10-23(20)25/h2-10,12-13,15-18,25H,11,14H2,1H3,(H,30,31)(H2,28,29,32)/t18-,25+/m0/s1. The van der Waals surface area contributed by atoms with E-state index in [9.17, 15) is 4.79 Å². The zero-order valence-electron chi connectivity index (χ0n) is 18.0. The molecule has 4 aromatic rings. The van der Waals surface area contributed by atoms with Crippen LogP contribution in [0.3, 0.4) is 0 Å². The van der Waals surface area contributed by atoms with Crippen LogP contribution in [0.15, 0.2) is 84.9 Å². The Balaban J connectivity index is 1.25. The Morgan fingerprint density at radius 3 is 2.66 bits per heavy atom. The Morgan fingerprint density at radius 2 is 1.78 bits per heavy atom. The average molecular weight is 423 g/mol. The van der Waals surface area contributed by atoms with Crippen molar-refractivity contribution >= 4 is 28.4 Å². The van der Waals surface area contributed by atoms with Gasteiger partial charge in [-0.3, -0.25) is 0 Å². The van der Waals surface area contributed by atoms with E-state index in [-0.39, 0.29) is 12.1 Å². The zero-order valence-corrected chi connectivity index (χ0v) is 18.0. The van der Waals surface area contributed by atoms with Gasteiger partial charge in [0.1, 0.15) is 5.82 Å². The maximum atomic E-state index is 12.4. The average Bonchev–Trinajstić information content (AvgIpc) is 3.22. The van der Waals surface area contributed by atoms with E-state index >= 15 is 0 Å². The lowest BCUT2D eigenvalue weighted by Gasteiger charge is -2.16. The molecule has 0 aliphatic heterocycles. The first-order valence-electron chi connectivity index (χ1n) is 11.0. The molecule has 32 heavy (non-hydrogen) atoms. The number of carbonyl (C=O) groups excluding carboxylic acids is 1. The smallest absolute Gasteiger partial charge is 0.319 e. The van der Waals surface area contributed by atoms with E-state index in [2.05, 4.69) is 40.2 Å². The maximum absolute atomic E-state index is 12.4. The highest BCUT2D eigenvalue weighted by Crippen LogP contribution is 2.33. The SMILES string of the molecule is C[C@H](NC(=O)Nc1ccc2nc(N[C@@H]3CCc4ccccc43)ccc2c1)c1ccccc1. The van der Waals surface area contributed by atoms with Gasteiger partial charge in [-0.2, -0.15) is 0 Å². The fourth-order valence-electron chi connectivity index (χ4n) is 4.36. The van der Waals surface area contributed by atoms with E-state index in [1.165, 1.54) is 11.1 Å². The lowest BCUT2D eigenvalue weighted by molar-refractivity contribution is 0.249. The molecule has 1 aliphatic carbocycles. The second-order valence-electron chi connectivity index (χ2n) is 8.27. The predicted molar refractivity (Wildman–Crippen MR) is 130 cm³/mol. The molecule has 3 aromatic carbocycles. The molecule has 5 rings (SSSR count). The van der Waals surface area contributed by atoms with Crippen molar-refractivity contribution in [2.24, 2.45) is 0 Å². The number of hydrogen-bond acceptors (Lipinski definition) is 3. The molecule has 160 valence electrons. The number of hydrogen-bond donors (Lipinski definition) is 3. The van der Waals surface area contributed by atoms with Crippen LogP contribution in [0.2, 0.25) is 0 Å². The van der Waals surface area contributed by atoms with Gasteiger partial charge in [-0.25, -0.2) is 9.78 Å². The number of aryl methyl sites for hydroxylation is 1. The van der Waals surface area contributed by atoms with Crippen LogP contribution in [-0.4, -0.2) is 11.0 Å². The molecular weight excluding hydrogens is 396 g/mol. The van der Waals surface area contributed by atoms with Gasteiger partial charge in [0.2, 0.25) is 0 Å². The Hall–Kier alpha value is -3.86. The molecule has 5 nitrogen and oxygen atoms in total. The van der Waals surface area contributed by atoms with Crippen LogP contribution in [-0.2, 0) is 6.42 Å². The van der Waals surface area contributed by atoms with Gasteiger partial charge >= 0.3 is 6.03 Å². The first kappa shape index (κ1) is 20.1. The minimum absolute atomic E-state index is 0.0762. The number of pyridine rings is 1. The third-order valence-electron chi connectivity index (χ3n) is 6.05. The lowest BCUT2D eigenvalue weighted by Crippen LogP contribution is -2.31. The molecular formula is C27H26N4O. The highest BCUT2D eigenvalue weighted by atomic mass is 16.2. The molecule has 0 spiro atoms. The minimum Gasteiger partial charge on any atom is -0.363 e. The largest absolute Gasteiger partial charge is 0.363 e. The van der Waals surface area contributed by atoms with Crippen LogP contribution < -0.4 is 16.0 Å². The van der Waals surface area contributed by atoms with E-state index < -0.39 is 0 Å². The van der Waals surface area contributed by atoms with Crippen molar-refractivity contribution in [1.82, 2.24) is 10.3 Å². The van der Waals surface area contributed by atoms with Crippen molar-refractivity contribution in [1.29, 1.82) is 0 Å². The third kappa shape index (κ3) is 4.28. The highest BCUT2D eigenvalue weighted by Gasteiger charge is 2.22. The van der Waals surface area contributed by atoms with Crippen LogP contribution in [0, 0.1) is 0 Å². The number of urea groups is 1. The molecule has 0 saturated heterocycles. The molecule has 5 heteroatoms. The lowest BCUT2D eigenvalue weighted by atomic mass is 10.1. The van der Waals surface area contributed by atoms with Gasteiger partial charge in [0, 0.05) is 11.1 Å². The summed E-state index contributed by atoms with van der Waals surface area (Å²) >= 11 is 0. The van der Waals surface area contributed by atoms with Crippen LogP contribution in [0.1, 0.15) is 42.1 Å². The number of amides is 2.